The van der Waals surface area contributed by atoms with Crippen molar-refractivity contribution in [3.8, 4) is 17.2 Å². The van der Waals surface area contributed by atoms with E-state index in [1.807, 2.05) is 54.6 Å². The van der Waals surface area contributed by atoms with Gasteiger partial charge in [0.2, 0.25) is 0 Å². The highest BCUT2D eigenvalue weighted by atomic mass is 16.5. The average Bonchev–Trinajstić information content (AvgIpc) is 3.43. The van der Waals surface area contributed by atoms with Gasteiger partial charge in [0.05, 0.1) is 31.5 Å². The van der Waals surface area contributed by atoms with Gasteiger partial charge >= 0.3 is 5.97 Å². The molecule has 0 N–H and O–H groups in total. The lowest BCUT2D eigenvalue weighted by Crippen LogP contribution is -2.27. The second kappa shape index (κ2) is 11.0. The van der Waals surface area contributed by atoms with Crippen LogP contribution in [0.2, 0.25) is 0 Å². The van der Waals surface area contributed by atoms with Crippen molar-refractivity contribution in [1.29, 1.82) is 0 Å². The number of methoxy groups -OCH3 is 2. The molecule has 1 heterocycles. The molecule has 1 amide bonds. The van der Waals surface area contributed by atoms with Crippen LogP contribution in [0.3, 0.4) is 0 Å². The first-order valence-corrected chi connectivity index (χ1v) is 12.1. The van der Waals surface area contributed by atoms with Crippen molar-refractivity contribution in [1.82, 2.24) is 5.01 Å². The molecule has 0 aliphatic carbocycles. The fraction of sp³-hybridized carbons (Fsp3) is 0.129. The third-order valence-corrected chi connectivity index (χ3v) is 6.34. The first-order valence-electron chi connectivity index (χ1n) is 12.1. The second-order valence-corrected chi connectivity index (χ2v) is 8.65. The molecule has 7 heteroatoms. The van der Waals surface area contributed by atoms with Gasteiger partial charge in [-0.25, -0.2) is 9.80 Å². The zero-order valence-corrected chi connectivity index (χ0v) is 21.0. The van der Waals surface area contributed by atoms with Crippen molar-refractivity contribution < 1.29 is 23.8 Å². The summed E-state index contributed by atoms with van der Waals surface area (Å²) in [4.78, 5) is 26.4. The number of hydrazone groups is 1. The number of amides is 1. The Morgan fingerprint density at radius 2 is 1.37 bits per heavy atom. The summed E-state index contributed by atoms with van der Waals surface area (Å²) in [5.74, 6) is 0.821. The Kier molecular flexibility index (Phi) is 7.17. The summed E-state index contributed by atoms with van der Waals surface area (Å²) in [7, 11) is 3.15. The van der Waals surface area contributed by atoms with Crippen LogP contribution in [0.25, 0.3) is 0 Å². The molecule has 0 aromatic heterocycles. The number of carbonyl (C=O) groups excluding carboxylic acids is 2. The smallest absolute Gasteiger partial charge is 0.343 e. The van der Waals surface area contributed by atoms with Gasteiger partial charge in [0.1, 0.15) is 5.75 Å². The average molecular weight is 507 g/mol. The quantitative estimate of drug-likeness (QED) is 0.230. The van der Waals surface area contributed by atoms with Gasteiger partial charge in [0.15, 0.2) is 11.5 Å². The maximum atomic E-state index is 13.6. The van der Waals surface area contributed by atoms with Gasteiger partial charge in [-0.05, 0) is 54.1 Å². The minimum atomic E-state index is -0.467. The number of hydrogen-bond acceptors (Lipinski definition) is 6. The van der Waals surface area contributed by atoms with E-state index in [1.54, 1.807) is 62.8 Å². The van der Waals surface area contributed by atoms with E-state index in [0.717, 1.165) is 5.56 Å². The van der Waals surface area contributed by atoms with Crippen LogP contribution in [-0.4, -0.2) is 36.8 Å². The predicted octanol–water partition coefficient (Wildman–Crippen LogP) is 5.91. The minimum absolute atomic E-state index is 0.237. The molecule has 0 radical (unpaired) electrons. The number of rotatable bonds is 7. The van der Waals surface area contributed by atoms with Crippen LogP contribution in [0.4, 0.5) is 0 Å². The molecule has 0 spiro atoms. The maximum absolute atomic E-state index is 13.6. The molecule has 1 aliphatic rings. The van der Waals surface area contributed by atoms with Gasteiger partial charge < -0.3 is 14.2 Å². The van der Waals surface area contributed by atoms with Crippen molar-refractivity contribution in [3.05, 3.63) is 125 Å². The standard InChI is InChI=1S/C31H26N2O5/c1-36-28-18-17-23(19-29(28)37-2)26-20-25(32-33(26)30(34)21-11-5-3-6-12-21)24-15-9-10-16-27(24)38-31(35)22-13-7-4-8-14-22/h3-19,26H,20H2,1-2H3/t26-/m1/s1. The molecule has 1 aliphatic heterocycles. The molecule has 5 rings (SSSR count). The van der Waals surface area contributed by atoms with Crippen LogP contribution in [0.5, 0.6) is 17.2 Å². The number of ether oxygens (including phenoxy) is 3. The van der Waals surface area contributed by atoms with Crippen molar-refractivity contribution in [2.75, 3.05) is 14.2 Å². The Hall–Kier alpha value is -4.91. The highest BCUT2D eigenvalue weighted by molar-refractivity contribution is 6.07. The molecule has 7 nitrogen and oxygen atoms in total. The van der Waals surface area contributed by atoms with Crippen LogP contribution in [0, 0.1) is 0 Å². The summed E-state index contributed by atoms with van der Waals surface area (Å²) in [6, 6.07) is 30.2. The summed E-state index contributed by atoms with van der Waals surface area (Å²) in [6.07, 6.45) is 0.411. The zero-order chi connectivity index (χ0) is 26.5. The number of nitrogens with zero attached hydrogens (tertiary/aromatic N) is 2. The van der Waals surface area contributed by atoms with Gasteiger partial charge in [0, 0.05) is 17.5 Å². The van der Waals surface area contributed by atoms with Crippen LogP contribution in [0.1, 0.15) is 44.3 Å². The first-order chi connectivity index (χ1) is 18.6. The van der Waals surface area contributed by atoms with Crippen LogP contribution in [0.15, 0.2) is 108 Å². The van der Waals surface area contributed by atoms with E-state index in [4.69, 9.17) is 19.3 Å². The molecular formula is C31H26N2O5. The van der Waals surface area contributed by atoms with E-state index in [0.29, 0.717) is 46.1 Å². The number of benzene rings is 4. The predicted molar refractivity (Wildman–Crippen MR) is 144 cm³/mol. The second-order valence-electron chi connectivity index (χ2n) is 8.65. The molecule has 38 heavy (non-hydrogen) atoms. The molecule has 0 bridgehead atoms. The Labute approximate surface area is 220 Å². The third-order valence-electron chi connectivity index (χ3n) is 6.34. The van der Waals surface area contributed by atoms with Gasteiger partial charge in [0.25, 0.3) is 5.91 Å². The SMILES string of the molecule is COc1ccc([C@H]2CC(c3ccccc3OC(=O)c3ccccc3)=NN2C(=O)c2ccccc2)cc1OC. The van der Waals surface area contributed by atoms with E-state index in [1.165, 1.54) is 5.01 Å². The molecule has 4 aromatic rings. The minimum Gasteiger partial charge on any atom is -0.493 e. The number of esters is 1. The maximum Gasteiger partial charge on any atom is 0.343 e. The Balaban J connectivity index is 1.53. The molecule has 0 saturated heterocycles. The summed E-state index contributed by atoms with van der Waals surface area (Å²) >= 11 is 0. The number of para-hydroxylation sites is 1. The Bertz CT molecular complexity index is 1480. The first kappa shape index (κ1) is 24.8. The molecule has 0 fully saturated rings. The fourth-order valence-electron chi connectivity index (χ4n) is 4.42. The number of carbonyl (C=O) groups is 2. The fourth-order valence-corrected chi connectivity index (χ4v) is 4.42. The highest BCUT2D eigenvalue weighted by Gasteiger charge is 2.35. The van der Waals surface area contributed by atoms with E-state index >= 15 is 0 Å². The summed E-state index contributed by atoms with van der Waals surface area (Å²) < 4.78 is 16.7. The van der Waals surface area contributed by atoms with E-state index in [9.17, 15) is 9.59 Å². The van der Waals surface area contributed by atoms with Crippen molar-refractivity contribution in [3.63, 3.8) is 0 Å². The van der Waals surface area contributed by atoms with Crippen molar-refractivity contribution in [2.45, 2.75) is 12.5 Å². The summed E-state index contributed by atoms with van der Waals surface area (Å²) in [5.41, 5.74) is 3.08. The lowest BCUT2D eigenvalue weighted by molar-refractivity contribution is 0.0708. The van der Waals surface area contributed by atoms with Gasteiger partial charge in [-0.3, -0.25) is 4.79 Å². The Morgan fingerprint density at radius 3 is 2.05 bits per heavy atom. The molecular weight excluding hydrogens is 480 g/mol. The van der Waals surface area contributed by atoms with Gasteiger partial charge in [-0.2, -0.15) is 5.10 Å². The van der Waals surface area contributed by atoms with Crippen LogP contribution in [-0.2, 0) is 0 Å². The molecule has 4 aromatic carbocycles. The molecule has 0 saturated carbocycles. The topological polar surface area (TPSA) is 77.4 Å². The van der Waals surface area contributed by atoms with Crippen molar-refractivity contribution >= 4 is 17.6 Å². The van der Waals surface area contributed by atoms with E-state index in [2.05, 4.69) is 0 Å². The van der Waals surface area contributed by atoms with Crippen LogP contribution >= 0.6 is 0 Å². The zero-order valence-electron chi connectivity index (χ0n) is 21.0. The normalized spacial score (nSPS) is 14.5. The molecule has 1 atom stereocenters. The third kappa shape index (κ3) is 4.99. The summed E-state index contributed by atoms with van der Waals surface area (Å²) in [5, 5.41) is 6.26. The lowest BCUT2D eigenvalue weighted by atomic mass is 9.97. The van der Waals surface area contributed by atoms with E-state index in [-0.39, 0.29) is 5.91 Å². The monoisotopic (exact) mass is 506 g/mol. The number of hydrogen-bond donors (Lipinski definition) is 0. The van der Waals surface area contributed by atoms with Crippen molar-refractivity contribution in [2.24, 2.45) is 5.10 Å². The molecule has 190 valence electrons. The summed E-state index contributed by atoms with van der Waals surface area (Å²) in [6.45, 7) is 0. The van der Waals surface area contributed by atoms with Gasteiger partial charge in [-0.15, -0.1) is 0 Å². The van der Waals surface area contributed by atoms with Gasteiger partial charge in [-0.1, -0.05) is 54.6 Å². The Morgan fingerprint density at radius 1 is 0.737 bits per heavy atom. The van der Waals surface area contributed by atoms with Crippen LogP contribution < -0.4 is 14.2 Å². The lowest BCUT2D eigenvalue weighted by Gasteiger charge is -2.23. The largest absolute Gasteiger partial charge is 0.493 e. The highest BCUT2D eigenvalue weighted by Crippen LogP contribution is 2.39. The molecule has 0 unspecified atom stereocenters. The van der Waals surface area contributed by atoms with E-state index < -0.39 is 12.0 Å².